The first-order valence-electron chi connectivity index (χ1n) is 4.14. The molecule has 0 aliphatic rings. The number of nitrogens with two attached hydrogens (primary N) is 1. The van der Waals surface area contributed by atoms with E-state index in [-0.39, 0.29) is 5.54 Å². The highest BCUT2D eigenvalue weighted by atomic mass is 32.1. The van der Waals surface area contributed by atoms with Crippen LogP contribution in [0.3, 0.4) is 0 Å². The molecule has 1 aromatic rings. The molecule has 0 saturated heterocycles. The van der Waals surface area contributed by atoms with Crippen LogP contribution < -0.4 is 11.1 Å². The highest BCUT2D eigenvalue weighted by Crippen LogP contribution is 2.15. The zero-order valence-electron chi connectivity index (χ0n) is 7.63. The second kappa shape index (κ2) is 3.92. The van der Waals surface area contributed by atoms with Crippen molar-refractivity contribution in [2.24, 2.45) is 5.73 Å². The van der Waals surface area contributed by atoms with Crippen molar-refractivity contribution in [2.45, 2.75) is 25.8 Å². The van der Waals surface area contributed by atoms with E-state index in [0.29, 0.717) is 0 Å². The lowest BCUT2D eigenvalue weighted by Crippen LogP contribution is -2.33. The molecule has 0 atom stereocenters. The molecule has 0 aromatic carbocycles. The second-order valence-electron chi connectivity index (χ2n) is 3.64. The van der Waals surface area contributed by atoms with E-state index in [2.05, 4.69) is 16.8 Å². The average Bonchev–Trinajstić information content (AvgIpc) is 2.36. The van der Waals surface area contributed by atoms with Gasteiger partial charge in [-0.15, -0.1) is 11.3 Å². The van der Waals surface area contributed by atoms with E-state index in [1.807, 2.05) is 19.9 Å². The lowest BCUT2D eigenvalue weighted by atomic mass is 10.0. The Kier molecular flexibility index (Phi) is 3.12. The molecule has 3 heteroatoms. The molecule has 0 amide bonds. The second-order valence-corrected chi connectivity index (χ2v) is 4.59. The number of hydrogen-bond acceptors (Lipinski definition) is 3. The minimum absolute atomic E-state index is 0.0652. The van der Waals surface area contributed by atoms with Crippen LogP contribution in [0.1, 0.15) is 20.3 Å². The number of nitrogens with one attached hydrogen (secondary N) is 1. The maximum atomic E-state index is 5.84. The van der Waals surface area contributed by atoms with Crippen LogP contribution in [-0.4, -0.2) is 12.1 Å². The molecule has 2 nitrogen and oxygen atoms in total. The molecule has 1 rings (SSSR count). The Morgan fingerprint density at radius 3 is 2.83 bits per heavy atom. The molecule has 0 fully saturated rings. The van der Waals surface area contributed by atoms with Crippen LogP contribution in [-0.2, 0) is 0 Å². The first-order chi connectivity index (χ1) is 5.58. The van der Waals surface area contributed by atoms with Crippen molar-refractivity contribution in [3.63, 3.8) is 0 Å². The van der Waals surface area contributed by atoms with Crippen molar-refractivity contribution in [1.82, 2.24) is 0 Å². The summed E-state index contributed by atoms with van der Waals surface area (Å²) in [6.07, 6.45) is 0.991. The van der Waals surface area contributed by atoms with E-state index in [0.717, 1.165) is 13.0 Å². The molecular formula is C9H16N2S. The Bertz CT molecular complexity index is 211. The highest BCUT2D eigenvalue weighted by molar-refractivity contribution is 7.14. The van der Waals surface area contributed by atoms with Gasteiger partial charge in [-0.2, -0.15) is 0 Å². The topological polar surface area (TPSA) is 38.0 Å². The lowest BCUT2D eigenvalue weighted by Gasteiger charge is -2.18. The Labute approximate surface area is 77.8 Å². The molecular weight excluding hydrogens is 168 g/mol. The van der Waals surface area contributed by atoms with Gasteiger partial charge in [-0.3, -0.25) is 0 Å². The van der Waals surface area contributed by atoms with Gasteiger partial charge in [0.1, 0.15) is 0 Å². The third-order valence-electron chi connectivity index (χ3n) is 1.59. The molecule has 0 bridgehead atoms. The Hall–Kier alpha value is -0.540. The van der Waals surface area contributed by atoms with Crippen LogP contribution in [0.2, 0.25) is 0 Å². The summed E-state index contributed by atoms with van der Waals surface area (Å²) in [5, 5.41) is 6.61. The Balaban J connectivity index is 2.20. The molecule has 12 heavy (non-hydrogen) atoms. The average molecular weight is 184 g/mol. The van der Waals surface area contributed by atoms with Gasteiger partial charge in [-0.05, 0) is 37.8 Å². The predicted octanol–water partition coefficient (Wildman–Crippen LogP) is 2.29. The van der Waals surface area contributed by atoms with Gasteiger partial charge in [0.15, 0.2) is 0 Å². The Morgan fingerprint density at radius 2 is 2.33 bits per heavy atom. The van der Waals surface area contributed by atoms with Gasteiger partial charge in [0, 0.05) is 12.1 Å². The Morgan fingerprint density at radius 1 is 1.58 bits per heavy atom. The van der Waals surface area contributed by atoms with Crippen molar-refractivity contribution in [2.75, 3.05) is 11.9 Å². The number of hydrogen-bond donors (Lipinski definition) is 2. The number of thiophene rings is 1. The summed E-state index contributed by atoms with van der Waals surface area (Å²) in [5.41, 5.74) is 5.77. The number of anilines is 1. The molecule has 0 unspecified atom stereocenters. The van der Waals surface area contributed by atoms with Gasteiger partial charge in [0.25, 0.3) is 0 Å². The molecule has 3 N–H and O–H groups in total. The summed E-state index contributed by atoms with van der Waals surface area (Å²) in [6, 6.07) is 4.12. The van der Waals surface area contributed by atoms with Crippen LogP contribution in [0.25, 0.3) is 0 Å². The predicted molar refractivity (Wildman–Crippen MR) is 55.7 cm³/mol. The van der Waals surface area contributed by atoms with Crippen molar-refractivity contribution in [1.29, 1.82) is 0 Å². The van der Waals surface area contributed by atoms with Gasteiger partial charge >= 0.3 is 0 Å². The van der Waals surface area contributed by atoms with E-state index in [1.165, 1.54) is 5.00 Å². The summed E-state index contributed by atoms with van der Waals surface area (Å²) in [6.45, 7) is 5.04. The fourth-order valence-corrected chi connectivity index (χ4v) is 1.53. The van der Waals surface area contributed by atoms with E-state index < -0.39 is 0 Å². The van der Waals surface area contributed by atoms with Crippen molar-refractivity contribution in [3.8, 4) is 0 Å². The zero-order valence-corrected chi connectivity index (χ0v) is 8.45. The molecule has 68 valence electrons. The monoisotopic (exact) mass is 184 g/mol. The summed E-state index contributed by atoms with van der Waals surface area (Å²) >= 11 is 1.72. The maximum absolute atomic E-state index is 5.84. The summed E-state index contributed by atoms with van der Waals surface area (Å²) < 4.78 is 0. The van der Waals surface area contributed by atoms with E-state index in [4.69, 9.17) is 5.73 Å². The van der Waals surface area contributed by atoms with Crippen LogP contribution in [0, 0.1) is 0 Å². The maximum Gasteiger partial charge on any atom is 0.0882 e. The molecule has 0 spiro atoms. The normalized spacial score (nSPS) is 11.6. The van der Waals surface area contributed by atoms with Crippen LogP contribution in [0.5, 0.6) is 0 Å². The van der Waals surface area contributed by atoms with Crippen molar-refractivity contribution >= 4 is 16.3 Å². The van der Waals surface area contributed by atoms with Gasteiger partial charge < -0.3 is 11.1 Å². The minimum atomic E-state index is -0.0652. The third-order valence-corrected chi connectivity index (χ3v) is 2.42. The smallest absolute Gasteiger partial charge is 0.0882 e. The largest absolute Gasteiger partial charge is 0.377 e. The van der Waals surface area contributed by atoms with Crippen LogP contribution >= 0.6 is 11.3 Å². The van der Waals surface area contributed by atoms with E-state index in [1.54, 1.807) is 11.3 Å². The molecule has 0 aliphatic heterocycles. The zero-order chi connectivity index (χ0) is 9.03. The van der Waals surface area contributed by atoms with E-state index in [9.17, 15) is 0 Å². The van der Waals surface area contributed by atoms with Gasteiger partial charge in [0.2, 0.25) is 0 Å². The van der Waals surface area contributed by atoms with Crippen LogP contribution in [0.4, 0.5) is 5.00 Å². The molecule has 0 radical (unpaired) electrons. The van der Waals surface area contributed by atoms with Crippen molar-refractivity contribution < 1.29 is 0 Å². The van der Waals surface area contributed by atoms with E-state index >= 15 is 0 Å². The first-order valence-corrected chi connectivity index (χ1v) is 5.02. The SMILES string of the molecule is CC(C)(N)CCNc1cccs1. The number of rotatable bonds is 4. The van der Waals surface area contributed by atoms with Crippen molar-refractivity contribution in [3.05, 3.63) is 17.5 Å². The lowest BCUT2D eigenvalue weighted by molar-refractivity contribution is 0.491. The molecule has 1 aromatic heterocycles. The van der Waals surface area contributed by atoms with Gasteiger partial charge in [-0.1, -0.05) is 0 Å². The standard InChI is InChI=1S/C9H16N2S/c1-9(2,10)5-6-11-8-4-3-7-12-8/h3-4,7,11H,5-6,10H2,1-2H3. The van der Waals surface area contributed by atoms with Gasteiger partial charge in [0.05, 0.1) is 5.00 Å². The summed E-state index contributed by atoms with van der Waals surface area (Å²) in [4.78, 5) is 0. The quantitative estimate of drug-likeness (QED) is 0.753. The molecule has 0 saturated carbocycles. The third kappa shape index (κ3) is 3.74. The van der Waals surface area contributed by atoms with Crippen LogP contribution in [0.15, 0.2) is 17.5 Å². The fourth-order valence-electron chi connectivity index (χ4n) is 0.887. The molecule has 1 heterocycles. The first kappa shape index (κ1) is 9.55. The minimum Gasteiger partial charge on any atom is -0.377 e. The summed E-state index contributed by atoms with van der Waals surface area (Å²) in [5.74, 6) is 0. The highest BCUT2D eigenvalue weighted by Gasteiger charge is 2.08. The summed E-state index contributed by atoms with van der Waals surface area (Å²) in [7, 11) is 0. The van der Waals surface area contributed by atoms with Gasteiger partial charge in [-0.25, -0.2) is 0 Å². The fraction of sp³-hybridized carbons (Fsp3) is 0.556. The molecule has 0 aliphatic carbocycles.